The highest BCUT2D eigenvalue weighted by molar-refractivity contribution is 7.14. The van der Waals surface area contributed by atoms with Gasteiger partial charge in [0.25, 0.3) is 5.91 Å². The molecule has 2 aliphatic rings. The number of aryl methyl sites for hydroxylation is 1. The lowest BCUT2D eigenvalue weighted by Gasteiger charge is -2.21. The van der Waals surface area contributed by atoms with Crippen LogP contribution in [0.1, 0.15) is 44.9 Å². The summed E-state index contributed by atoms with van der Waals surface area (Å²) in [6.07, 6.45) is 5.00. The molecule has 154 valence electrons. The SMILES string of the molecule is CN(C)C(=O)c1cc2c(s1)CC[C@H](C(=O)NCc1ccc(N3CCCC3)cc1)C2. The van der Waals surface area contributed by atoms with Crippen molar-refractivity contribution >= 4 is 28.8 Å². The lowest BCUT2D eigenvalue weighted by molar-refractivity contribution is -0.125. The van der Waals surface area contributed by atoms with Gasteiger partial charge in [-0.2, -0.15) is 0 Å². The molecule has 4 rings (SSSR count). The zero-order valence-electron chi connectivity index (χ0n) is 17.2. The van der Waals surface area contributed by atoms with Gasteiger partial charge in [-0.05, 0) is 61.4 Å². The van der Waals surface area contributed by atoms with E-state index in [2.05, 4.69) is 34.5 Å². The number of thiophene rings is 1. The Balaban J connectivity index is 1.32. The molecule has 1 aliphatic heterocycles. The van der Waals surface area contributed by atoms with E-state index in [0.29, 0.717) is 6.54 Å². The van der Waals surface area contributed by atoms with Crippen LogP contribution in [-0.2, 0) is 24.2 Å². The first-order valence-electron chi connectivity index (χ1n) is 10.5. The molecule has 1 fully saturated rings. The molecular formula is C23H29N3O2S. The summed E-state index contributed by atoms with van der Waals surface area (Å²) in [7, 11) is 3.55. The van der Waals surface area contributed by atoms with Gasteiger partial charge in [-0.25, -0.2) is 0 Å². The number of amides is 2. The monoisotopic (exact) mass is 411 g/mol. The lowest BCUT2D eigenvalue weighted by atomic mass is 9.87. The summed E-state index contributed by atoms with van der Waals surface area (Å²) in [6.45, 7) is 2.85. The molecule has 1 aromatic heterocycles. The van der Waals surface area contributed by atoms with E-state index < -0.39 is 0 Å². The molecule has 0 unspecified atom stereocenters. The molecule has 2 amide bonds. The third-order valence-electron chi connectivity index (χ3n) is 5.94. The van der Waals surface area contributed by atoms with Crippen molar-refractivity contribution in [3.8, 4) is 0 Å². The second kappa shape index (κ2) is 8.57. The van der Waals surface area contributed by atoms with Crippen LogP contribution >= 0.6 is 11.3 Å². The van der Waals surface area contributed by atoms with Crippen molar-refractivity contribution in [3.05, 3.63) is 51.2 Å². The van der Waals surface area contributed by atoms with Crippen LogP contribution < -0.4 is 10.2 Å². The van der Waals surface area contributed by atoms with E-state index in [4.69, 9.17) is 0 Å². The second-order valence-corrected chi connectivity index (χ2v) is 9.41. The Morgan fingerprint density at radius 3 is 2.59 bits per heavy atom. The van der Waals surface area contributed by atoms with E-state index in [9.17, 15) is 9.59 Å². The summed E-state index contributed by atoms with van der Waals surface area (Å²) in [5.41, 5.74) is 3.58. The number of carbonyl (C=O) groups is 2. The summed E-state index contributed by atoms with van der Waals surface area (Å²) >= 11 is 1.58. The van der Waals surface area contributed by atoms with Crippen LogP contribution in [0.15, 0.2) is 30.3 Å². The van der Waals surface area contributed by atoms with Gasteiger partial charge in [0.1, 0.15) is 0 Å². The van der Waals surface area contributed by atoms with Crippen LogP contribution in [-0.4, -0.2) is 43.9 Å². The minimum Gasteiger partial charge on any atom is -0.372 e. The van der Waals surface area contributed by atoms with Crippen molar-refractivity contribution in [1.29, 1.82) is 0 Å². The Morgan fingerprint density at radius 2 is 1.90 bits per heavy atom. The number of hydrogen-bond acceptors (Lipinski definition) is 4. The molecule has 1 aliphatic carbocycles. The van der Waals surface area contributed by atoms with Gasteiger partial charge in [0.2, 0.25) is 5.91 Å². The van der Waals surface area contributed by atoms with Crippen molar-refractivity contribution < 1.29 is 9.59 Å². The van der Waals surface area contributed by atoms with Crippen LogP contribution in [0.25, 0.3) is 0 Å². The summed E-state index contributed by atoms with van der Waals surface area (Å²) < 4.78 is 0. The Labute approximate surface area is 176 Å². The fourth-order valence-electron chi connectivity index (χ4n) is 4.21. The Hall–Kier alpha value is -2.34. The minimum atomic E-state index is -0.0109. The van der Waals surface area contributed by atoms with Crippen molar-refractivity contribution in [2.45, 2.75) is 38.6 Å². The van der Waals surface area contributed by atoms with Gasteiger partial charge in [-0.15, -0.1) is 11.3 Å². The molecule has 1 N–H and O–H groups in total. The highest BCUT2D eigenvalue weighted by Crippen LogP contribution is 2.33. The van der Waals surface area contributed by atoms with Gasteiger partial charge in [0.15, 0.2) is 0 Å². The third-order valence-corrected chi connectivity index (χ3v) is 7.17. The van der Waals surface area contributed by atoms with Crippen molar-refractivity contribution in [1.82, 2.24) is 10.2 Å². The summed E-state index contributed by atoms with van der Waals surface area (Å²) in [4.78, 5) is 31.0. The van der Waals surface area contributed by atoms with Crippen LogP contribution in [0.5, 0.6) is 0 Å². The molecule has 0 bridgehead atoms. The Kier molecular flexibility index (Phi) is 5.90. The minimum absolute atomic E-state index is 0.0109. The van der Waals surface area contributed by atoms with Gasteiger partial charge in [-0.1, -0.05) is 12.1 Å². The number of hydrogen-bond donors (Lipinski definition) is 1. The fraction of sp³-hybridized carbons (Fsp3) is 0.478. The van der Waals surface area contributed by atoms with Crippen LogP contribution in [0, 0.1) is 5.92 Å². The van der Waals surface area contributed by atoms with E-state index in [-0.39, 0.29) is 17.7 Å². The predicted molar refractivity (Wildman–Crippen MR) is 118 cm³/mol. The van der Waals surface area contributed by atoms with Crippen molar-refractivity contribution in [2.75, 3.05) is 32.1 Å². The first-order valence-corrected chi connectivity index (χ1v) is 11.3. The summed E-state index contributed by atoms with van der Waals surface area (Å²) in [5.74, 6) is 0.150. The van der Waals surface area contributed by atoms with Gasteiger partial charge >= 0.3 is 0 Å². The lowest BCUT2D eigenvalue weighted by Crippen LogP contribution is -2.33. The van der Waals surface area contributed by atoms with E-state index in [1.807, 2.05) is 6.07 Å². The summed E-state index contributed by atoms with van der Waals surface area (Å²) in [5, 5.41) is 3.11. The number of rotatable bonds is 5. The molecule has 5 nitrogen and oxygen atoms in total. The molecule has 0 spiro atoms. The zero-order chi connectivity index (χ0) is 20.4. The molecule has 0 radical (unpaired) electrons. The number of carbonyl (C=O) groups excluding carboxylic acids is 2. The molecule has 2 heterocycles. The van der Waals surface area contributed by atoms with Crippen LogP contribution in [0.3, 0.4) is 0 Å². The van der Waals surface area contributed by atoms with Crippen LogP contribution in [0.2, 0.25) is 0 Å². The Morgan fingerprint density at radius 1 is 1.17 bits per heavy atom. The number of nitrogens with zero attached hydrogens (tertiary/aromatic N) is 2. The number of anilines is 1. The maximum atomic E-state index is 12.7. The van der Waals surface area contributed by atoms with Crippen LogP contribution in [0.4, 0.5) is 5.69 Å². The second-order valence-electron chi connectivity index (χ2n) is 8.28. The van der Waals surface area contributed by atoms with Gasteiger partial charge in [-0.3, -0.25) is 9.59 Å². The number of nitrogens with one attached hydrogen (secondary N) is 1. The number of fused-ring (bicyclic) bond motifs is 1. The topological polar surface area (TPSA) is 52.7 Å². The maximum Gasteiger partial charge on any atom is 0.263 e. The zero-order valence-corrected chi connectivity index (χ0v) is 18.1. The largest absolute Gasteiger partial charge is 0.372 e. The smallest absolute Gasteiger partial charge is 0.263 e. The molecule has 6 heteroatoms. The van der Waals surface area contributed by atoms with Crippen molar-refractivity contribution in [3.63, 3.8) is 0 Å². The third kappa shape index (κ3) is 4.47. The molecule has 1 atom stereocenters. The van der Waals surface area contributed by atoms with E-state index in [1.54, 1.807) is 30.3 Å². The highest BCUT2D eigenvalue weighted by atomic mass is 32.1. The van der Waals surface area contributed by atoms with E-state index >= 15 is 0 Å². The molecule has 2 aromatic rings. The molecule has 1 aromatic carbocycles. The molecular weight excluding hydrogens is 382 g/mol. The summed E-state index contributed by atoms with van der Waals surface area (Å²) in [6, 6.07) is 10.5. The van der Waals surface area contributed by atoms with E-state index in [1.165, 1.54) is 29.0 Å². The first-order chi connectivity index (χ1) is 14.0. The quantitative estimate of drug-likeness (QED) is 0.820. The Bertz CT molecular complexity index is 882. The molecule has 29 heavy (non-hydrogen) atoms. The number of benzene rings is 1. The van der Waals surface area contributed by atoms with Gasteiger partial charge in [0, 0.05) is 50.2 Å². The van der Waals surface area contributed by atoms with Gasteiger partial charge < -0.3 is 15.1 Å². The highest BCUT2D eigenvalue weighted by Gasteiger charge is 2.27. The standard InChI is InChI=1S/C23H29N3O2S/c1-25(2)23(28)21-14-18-13-17(7-10-20(18)29-21)22(27)24-15-16-5-8-19(9-6-16)26-11-3-4-12-26/h5-6,8-9,14,17H,3-4,7,10-13,15H2,1-2H3,(H,24,27)/t17-/m0/s1. The average Bonchev–Trinajstić information content (AvgIpc) is 3.41. The predicted octanol–water partition coefficient (Wildman–Crippen LogP) is 3.47. The maximum absolute atomic E-state index is 12.7. The van der Waals surface area contributed by atoms with Gasteiger partial charge in [0.05, 0.1) is 4.88 Å². The fourth-order valence-corrected chi connectivity index (χ4v) is 5.44. The normalized spacial score (nSPS) is 18.4. The average molecular weight is 412 g/mol. The molecule has 1 saturated heterocycles. The van der Waals surface area contributed by atoms with Crippen molar-refractivity contribution in [2.24, 2.45) is 5.92 Å². The first kappa shape index (κ1) is 20.0. The van der Waals surface area contributed by atoms with E-state index in [0.717, 1.165) is 42.8 Å². The molecule has 0 saturated carbocycles.